The van der Waals surface area contributed by atoms with Crippen molar-refractivity contribution in [2.75, 3.05) is 18.5 Å². The molecule has 0 spiro atoms. The van der Waals surface area contributed by atoms with Gasteiger partial charge < -0.3 is 10.0 Å². The van der Waals surface area contributed by atoms with Crippen molar-refractivity contribution in [1.82, 2.24) is 0 Å². The van der Waals surface area contributed by atoms with Crippen LogP contribution in [0.15, 0.2) is 18.2 Å². The van der Waals surface area contributed by atoms with Gasteiger partial charge in [-0.05, 0) is 43.7 Å². The molecule has 0 atom stereocenters. The van der Waals surface area contributed by atoms with Gasteiger partial charge in [-0.25, -0.2) is 8.78 Å². The van der Waals surface area contributed by atoms with Gasteiger partial charge in [0.1, 0.15) is 11.6 Å². The zero-order valence-corrected chi connectivity index (χ0v) is 10.6. The molecule has 2 nitrogen and oxygen atoms in total. The van der Waals surface area contributed by atoms with Crippen molar-refractivity contribution in [3.63, 3.8) is 0 Å². The number of halogens is 2. The quantitative estimate of drug-likeness (QED) is 0.897. The number of aliphatic hydroxyl groups excluding tert-OH is 1. The molecule has 2 rings (SSSR count). The Balaban J connectivity index is 1.97. The molecule has 0 unspecified atom stereocenters. The molecule has 1 saturated carbocycles. The summed E-state index contributed by atoms with van der Waals surface area (Å²) < 4.78 is 26.4. The predicted octanol–water partition coefficient (Wildman–Crippen LogP) is 2.95. The lowest BCUT2D eigenvalue weighted by Crippen LogP contribution is -2.30. The normalized spacial score (nSPS) is 24.0. The highest BCUT2D eigenvalue weighted by molar-refractivity contribution is 5.47. The fraction of sp³-hybridized carbons (Fsp3) is 0.571. The van der Waals surface area contributed by atoms with Gasteiger partial charge in [0.2, 0.25) is 0 Å². The fourth-order valence-corrected chi connectivity index (χ4v) is 2.60. The second-order valence-electron chi connectivity index (χ2n) is 5.15. The lowest BCUT2D eigenvalue weighted by atomic mass is 9.87. The summed E-state index contributed by atoms with van der Waals surface area (Å²) >= 11 is 0. The lowest BCUT2D eigenvalue weighted by molar-refractivity contribution is 0.110. The van der Waals surface area contributed by atoms with Gasteiger partial charge in [0.05, 0.1) is 11.8 Å². The molecule has 0 heterocycles. The van der Waals surface area contributed by atoms with Gasteiger partial charge in [-0.3, -0.25) is 0 Å². The van der Waals surface area contributed by atoms with Gasteiger partial charge >= 0.3 is 0 Å². The predicted molar refractivity (Wildman–Crippen MR) is 67.6 cm³/mol. The highest BCUT2D eigenvalue weighted by Gasteiger charge is 2.21. The molecule has 0 aromatic heterocycles. The van der Waals surface area contributed by atoms with Crippen LogP contribution >= 0.6 is 0 Å². The second kappa shape index (κ2) is 5.65. The van der Waals surface area contributed by atoms with E-state index in [2.05, 4.69) is 0 Å². The minimum absolute atomic E-state index is 0.172. The van der Waals surface area contributed by atoms with Gasteiger partial charge in [0, 0.05) is 19.7 Å². The van der Waals surface area contributed by atoms with Crippen LogP contribution in [0.1, 0.15) is 25.7 Å². The number of nitrogens with zero attached hydrogens (tertiary/aromatic N) is 1. The third-order valence-electron chi connectivity index (χ3n) is 3.67. The molecule has 1 aromatic carbocycles. The molecule has 0 bridgehead atoms. The van der Waals surface area contributed by atoms with Crippen LogP contribution in [0.2, 0.25) is 0 Å². The number of hydrogen-bond donors (Lipinski definition) is 1. The van der Waals surface area contributed by atoms with E-state index < -0.39 is 11.6 Å². The molecule has 18 heavy (non-hydrogen) atoms. The summed E-state index contributed by atoms with van der Waals surface area (Å²) in [6, 6.07) is 3.67. The standard InChI is InChI=1S/C14H19F2NO/c1-17(9-10-2-5-12(18)6-3-10)14-7-4-11(15)8-13(14)16/h4,7-8,10,12,18H,2-3,5-6,9H2,1H3. The van der Waals surface area contributed by atoms with Crippen molar-refractivity contribution in [2.24, 2.45) is 5.92 Å². The molecule has 0 saturated heterocycles. The van der Waals surface area contributed by atoms with Crippen LogP contribution in [-0.2, 0) is 0 Å². The number of anilines is 1. The van der Waals surface area contributed by atoms with Gasteiger partial charge in [0.15, 0.2) is 0 Å². The first-order valence-corrected chi connectivity index (χ1v) is 6.40. The summed E-state index contributed by atoms with van der Waals surface area (Å²) in [5.74, 6) is -0.596. The smallest absolute Gasteiger partial charge is 0.149 e. The molecule has 1 aliphatic rings. The van der Waals surface area contributed by atoms with Crippen molar-refractivity contribution in [1.29, 1.82) is 0 Å². The summed E-state index contributed by atoms with van der Waals surface area (Å²) in [4.78, 5) is 1.83. The van der Waals surface area contributed by atoms with E-state index in [-0.39, 0.29) is 6.10 Å². The minimum atomic E-state index is -0.551. The molecular weight excluding hydrogens is 236 g/mol. The Labute approximate surface area is 106 Å². The molecule has 0 aliphatic heterocycles. The summed E-state index contributed by atoms with van der Waals surface area (Å²) in [7, 11) is 1.82. The highest BCUT2D eigenvalue weighted by atomic mass is 19.1. The molecular formula is C14H19F2NO. The van der Waals surface area contributed by atoms with Crippen LogP contribution < -0.4 is 4.90 Å². The third kappa shape index (κ3) is 3.19. The molecule has 1 N–H and O–H groups in total. The monoisotopic (exact) mass is 255 g/mol. The maximum Gasteiger partial charge on any atom is 0.149 e. The van der Waals surface area contributed by atoms with Crippen molar-refractivity contribution in [3.05, 3.63) is 29.8 Å². The first kappa shape index (κ1) is 13.3. The van der Waals surface area contributed by atoms with Gasteiger partial charge in [-0.2, -0.15) is 0 Å². The molecule has 1 aliphatic carbocycles. The van der Waals surface area contributed by atoms with Crippen molar-refractivity contribution in [2.45, 2.75) is 31.8 Å². The van der Waals surface area contributed by atoms with E-state index in [1.807, 2.05) is 11.9 Å². The van der Waals surface area contributed by atoms with E-state index in [0.29, 0.717) is 11.6 Å². The Kier molecular flexibility index (Phi) is 4.17. The van der Waals surface area contributed by atoms with E-state index >= 15 is 0 Å². The topological polar surface area (TPSA) is 23.5 Å². The average molecular weight is 255 g/mol. The number of rotatable bonds is 3. The van der Waals surface area contributed by atoms with Crippen LogP contribution in [0.4, 0.5) is 14.5 Å². The van der Waals surface area contributed by atoms with E-state index in [1.165, 1.54) is 12.1 Å². The van der Waals surface area contributed by atoms with Crippen LogP contribution in [0.25, 0.3) is 0 Å². The average Bonchev–Trinajstić information content (AvgIpc) is 2.32. The summed E-state index contributed by atoms with van der Waals surface area (Å²) in [5.41, 5.74) is 0.433. The maximum atomic E-state index is 13.6. The van der Waals surface area contributed by atoms with Crippen molar-refractivity contribution in [3.8, 4) is 0 Å². The Bertz CT molecular complexity index is 403. The van der Waals surface area contributed by atoms with Gasteiger partial charge in [-0.1, -0.05) is 0 Å². The molecule has 1 aromatic rings. The van der Waals surface area contributed by atoms with E-state index in [1.54, 1.807) is 0 Å². The zero-order valence-electron chi connectivity index (χ0n) is 10.6. The highest BCUT2D eigenvalue weighted by Crippen LogP contribution is 2.27. The molecule has 0 amide bonds. The molecule has 1 fully saturated rings. The van der Waals surface area contributed by atoms with Crippen LogP contribution in [0.3, 0.4) is 0 Å². The number of benzene rings is 1. The Morgan fingerprint density at radius 2 is 1.89 bits per heavy atom. The fourth-order valence-electron chi connectivity index (χ4n) is 2.60. The van der Waals surface area contributed by atoms with Crippen molar-refractivity contribution >= 4 is 5.69 Å². The molecule has 100 valence electrons. The summed E-state index contributed by atoms with van der Waals surface area (Å²) in [6.45, 7) is 0.745. The largest absolute Gasteiger partial charge is 0.393 e. The maximum absolute atomic E-state index is 13.6. The Morgan fingerprint density at radius 3 is 2.50 bits per heavy atom. The van der Waals surface area contributed by atoms with Crippen molar-refractivity contribution < 1.29 is 13.9 Å². The van der Waals surface area contributed by atoms with E-state index in [9.17, 15) is 13.9 Å². The van der Waals surface area contributed by atoms with E-state index in [4.69, 9.17) is 0 Å². The second-order valence-corrected chi connectivity index (χ2v) is 5.15. The summed E-state index contributed by atoms with van der Waals surface area (Å²) in [5, 5.41) is 9.44. The number of aliphatic hydroxyl groups is 1. The van der Waals surface area contributed by atoms with E-state index in [0.717, 1.165) is 38.3 Å². The zero-order chi connectivity index (χ0) is 13.1. The van der Waals surface area contributed by atoms with Crippen LogP contribution in [0.5, 0.6) is 0 Å². The van der Waals surface area contributed by atoms with Crippen LogP contribution in [-0.4, -0.2) is 24.8 Å². The van der Waals surface area contributed by atoms with Gasteiger partial charge in [0.25, 0.3) is 0 Å². The summed E-state index contributed by atoms with van der Waals surface area (Å²) in [6.07, 6.45) is 3.41. The Hall–Kier alpha value is -1.16. The van der Waals surface area contributed by atoms with Crippen LogP contribution in [0, 0.1) is 17.6 Å². The SMILES string of the molecule is CN(CC1CCC(O)CC1)c1ccc(F)cc1F. The van der Waals surface area contributed by atoms with Gasteiger partial charge in [-0.15, -0.1) is 0 Å². The minimum Gasteiger partial charge on any atom is -0.393 e. The Morgan fingerprint density at radius 1 is 1.22 bits per heavy atom. The third-order valence-corrected chi connectivity index (χ3v) is 3.67. The number of hydrogen-bond acceptors (Lipinski definition) is 2. The molecule has 4 heteroatoms. The first-order chi connectivity index (χ1) is 8.56. The lowest BCUT2D eigenvalue weighted by Gasteiger charge is -2.30. The molecule has 0 radical (unpaired) electrons. The first-order valence-electron chi connectivity index (χ1n) is 6.40.